The van der Waals surface area contributed by atoms with Gasteiger partial charge in [0.15, 0.2) is 0 Å². The molecule has 1 N–H and O–H groups in total. The van der Waals surface area contributed by atoms with Crippen LogP contribution in [0.25, 0.3) is 0 Å². The third-order valence-corrected chi connectivity index (χ3v) is 4.03. The predicted octanol–water partition coefficient (Wildman–Crippen LogP) is 3.66. The molecule has 3 nitrogen and oxygen atoms in total. The van der Waals surface area contributed by atoms with Crippen LogP contribution < -0.4 is 0 Å². The highest BCUT2D eigenvalue weighted by Gasteiger charge is 2.40. The first-order valence-corrected chi connectivity index (χ1v) is 7.48. The number of nitrogens with zero attached hydrogens (tertiary/aromatic N) is 1. The van der Waals surface area contributed by atoms with Crippen molar-refractivity contribution in [3.63, 3.8) is 0 Å². The van der Waals surface area contributed by atoms with Gasteiger partial charge in [-0.05, 0) is 0 Å². The first kappa shape index (κ1) is 13.7. The summed E-state index contributed by atoms with van der Waals surface area (Å²) in [6, 6.07) is 26.8. The van der Waals surface area contributed by atoms with Crippen molar-refractivity contribution in [1.29, 1.82) is 0 Å². The molecule has 112 valence electrons. The van der Waals surface area contributed by atoms with Crippen molar-refractivity contribution in [2.45, 2.75) is 5.79 Å². The lowest BCUT2D eigenvalue weighted by atomic mass is 9.88. The molecular weight excluding hydrogens is 286 g/mol. The molecule has 0 aromatic heterocycles. The van der Waals surface area contributed by atoms with Gasteiger partial charge < -0.3 is 9.94 Å². The van der Waals surface area contributed by atoms with E-state index in [0.717, 1.165) is 16.8 Å². The number of hydrogen-bond acceptors (Lipinski definition) is 3. The van der Waals surface area contributed by atoms with Crippen molar-refractivity contribution in [2.24, 2.45) is 5.16 Å². The van der Waals surface area contributed by atoms with E-state index in [2.05, 4.69) is 5.16 Å². The fraction of sp³-hybridized carbons (Fsp3) is 0.0500. The number of benzene rings is 3. The highest BCUT2D eigenvalue weighted by Crippen LogP contribution is 2.37. The number of oxime groups is 1. The number of fused-ring (bicyclic) bond motifs is 1. The summed E-state index contributed by atoms with van der Waals surface area (Å²) in [6.45, 7) is 0. The zero-order valence-electron chi connectivity index (χ0n) is 12.4. The summed E-state index contributed by atoms with van der Waals surface area (Å²) in [5.74, 6) is -1.57. The lowest BCUT2D eigenvalue weighted by Gasteiger charge is -2.32. The Bertz CT molecular complexity index is 859. The zero-order valence-corrected chi connectivity index (χ0v) is 12.4. The summed E-state index contributed by atoms with van der Waals surface area (Å²) in [6.07, 6.45) is 0. The molecule has 0 saturated carbocycles. The van der Waals surface area contributed by atoms with Crippen LogP contribution in [0.15, 0.2) is 90.1 Å². The summed E-state index contributed by atoms with van der Waals surface area (Å²) in [7, 11) is 0. The molecule has 1 aliphatic rings. The molecule has 1 aliphatic heterocycles. The van der Waals surface area contributed by atoms with Crippen molar-refractivity contribution in [3.05, 3.63) is 107 Å². The Kier molecular flexibility index (Phi) is 3.21. The van der Waals surface area contributed by atoms with Crippen LogP contribution in [0.3, 0.4) is 0 Å². The van der Waals surface area contributed by atoms with E-state index in [0.29, 0.717) is 11.1 Å². The predicted molar refractivity (Wildman–Crippen MR) is 89.0 cm³/mol. The van der Waals surface area contributed by atoms with Crippen molar-refractivity contribution < 1.29 is 9.94 Å². The van der Waals surface area contributed by atoms with E-state index in [-0.39, 0.29) is 0 Å². The maximum atomic E-state index is 11.1. The largest absolute Gasteiger partial charge is 0.349 e. The van der Waals surface area contributed by atoms with E-state index in [9.17, 15) is 5.11 Å². The number of hydrogen-bond donors (Lipinski definition) is 1. The summed E-state index contributed by atoms with van der Waals surface area (Å²) in [5, 5.41) is 15.4. The van der Waals surface area contributed by atoms with Crippen molar-refractivity contribution in [3.8, 4) is 0 Å². The smallest absolute Gasteiger partial charge is 0.287 e. The molecule has 0 amide bonds. The van der Waals surface area contributed by atoms with Crippen LogP contribution in [0.5, 0.6) is 0 Å². The molecule has 23 heavy (non-hydrogen) atoms. The van der Waals surface area contributed by atoms with Crippen LogP contribution in [0, 0.1) is 0 Å². The average Bonchev–Trinajstić information content (AvgIpc) is 2.64. The van der Waals surface area contributed by atoms with Crippen LogP contribution in [0.1, 0.15) is 22.3 Å². The Morgan fingerprint density at radius 2 is 1.35 bits per heavy atom. The molecule has 1 atom stereocenters. The first-order valence-electron chi connectivity index (χ1n) is 7.48. The van der Waals surface area contributed by atoms with Gasteiger partial charge in [-0.25, -0.2) is 0 Å². The van der Waals surface area contributed by atoms with Gasteiger partial charge in [0.25, 0.3) is 5.79 Å². The molecule has 0 aliphatic carbocycles. The summed E-state index contributed by atoms with van der Waals surface area (Å²) in [4.78, 5) is 5.59. The molecule has 0 radical (unpaired) electrons. The number of aliphatic hydroxyl groups is 1. The lowest BCUT2D eigenvalue weighted by molar-refractivity contribution is -0.183. The van der Waals surface area contributed by atoms with E-state index in [1.165, 1.54) is 0 Å². The minimum atomic E-state index is -1.57. The van der Waals surface area contributed by atoms with Crippen molar-refractivity contribution >= 4 is 5.71 Å². The van der Waals surface area contributed by atoms with Gasteiger partial charge in [-0.15, -0.1) is 0 Å². The van der Waals surface area contributed by atoms with Crippen molar-refractivity contribution in [1.82, 2.24) is 0 Å². The van der Waals surface area contributed by atoms with Gasteiger partial charge in [-0.2, -0.15) is 0 Å². The van der Waals surface area contributed by atoms with Gasteiger partial charge in [0.1, 0.15) is 5.71 Å². The van der Waals surface area contributed by atoms with Gasteiger partial charge in [0.2, 0.25) is 0 Å². The Morgan fingerprint density at radius 1 is 0.739 bits per heavy atom. The monoisotopic (exact) mass is 301 g/mol. The molecule has 4 rings (SSSR count). The van der Waals surface area contributed by atoms with E-state index in [1.54, 1.807) is 0 Å². The molecule has 3 aromatic carbocycles. The Hall–Kier alpha value is -2.91. The minimum Gasteiger partial charge on any atom is -0.349 e. The third-order valence-electron chi connectivity index (χ3n) is 4.03. The van der Waals surface area contributed by atoms with E-state index in [4.69, 9.17) is 4.84 Å². The lowest BCUT2D eigenvalue weighted by Crippen LogP contribution is -2.35. The van der Waals surface area contributed by atoms with Crippen LogP contribution >= 0.6 is 0 Å². The standard InChI is InChI=1S/C20H15NO2/c22-20(16-11-5-2-6-12-16)18-14-8-7-13-17(18)19(21-23-20)15-9-3-1-4-10-15/h1-14,22H. The fourth-order valence-corrected chi connectivity index (χ4v) is 2.87. The SMILES string of the molecule is OC1(c2ccccc2)ON=C(c2ccccc2)c2ccccc21. The molecule has 0 saturated heterocycles. The van der Waals surface area contributed by atoms with Crippen LogP contribution in [-0.2, 0) is 10.6 Å². The van der Waals surface area contributed by atoms with E-state index in [1.807, 2.05) is 84.9 Å². The van der Waals surface area contributed by atoms with Gasteiger partial charge in [0.05, 0.1) is 0 Å². The molecule has 3 heteroatoms. The van der Waals surface area contributed by atoms with E-state index >= 15 is 0 Å². The summed E-state index contributed by atoms with van der Waals surface area (Å²) >= 11 is 0. The summed E-state index contributed by atoms with van der Waals surface area (Å²) in [5.41, 5.74) is 3.90. The number of rotatable bonds is 2. The van der Waals surface area contributed by atoms with Crippen LogP contribution in [0.4, 0.5) is 0 Å². The maximum Gasteiger partial charge on any atom is 0.287 e. The normalized spacial score (nSPS) is 19.4. The Labute approximate surface area is 134 Å². The topological polar surface area (TPSA) is 41.8 Å². The molecular formula is C20H15NO2. The Balaban J connectivity index is 1.90. The molecule has 0 bridgehead atoms. The second kappa shape index (κ2) is 5.38. The van der Waals surface area contributed by atoms with Gasteiger partial charge in [-0.3, -0.25) is 0 Å². The highest BCUT2D eigenvalue weighted by atomic mass is 16.7. The quantitative estimate of drug-likeness (QED) is 0.785. The summed E-state index contributed by atoms with van der Waals surface area (Å²) < 4.78 is 0. The van der Waals surface area contributed by atoms with Gasteiger partial charge in [-0.1, -0.05) is 90.1 Å². The average molecular weight is 301 g/mol. The molecule has 1 heterocycles. The first-order chi connectivity index (χ1) is 11.3. The minimum absolute atomic E-state index is 0.656. The molecule has 0 fully saturated rings. The van der Waals surface area contributed by atoms with E-state index < -0.39 is 5.79 Å². The molecule has 3 aromatic rings. The third kappa shape index (κ3) is 2.22. The highest BCUT2D eigenvalue weighted by molar-refractivity contribution is 6.14. The van der Waals surface area contributed by atoms with Crippen molar-refractivity contribution in [2.75, 3.05) is 0 Å². The fourth-order valence-electron chi connectivity index (χ4n) is 2.87. The van der Waals surface area contributed by atoms with Gasteiger partial charge >= 0.3 is 0 Å². The second-order valence-corrected chi connectivity index (χ2v) is 5.45. The Morgan fingerprint density at radius 3 is 2.09 bits per heavy atom. The van der Waals surface area contributed by atoms with Crippen LogP contribution in [0.2, 0.25) is 0 Å². The van der Waals surface area contributed by atoms with Crippen LogP contribution in [-0.4, -0.2) is 10.8 Å². The molecule has 0 spiro atoms. The molecule has 1 unspecified atom stereocenters. The second-order valence-electron chi connectivity index (χ2n) is 5.45. The van der Waals surface area contributed by atoms with Gasteiger partial charge in [0, 0.05) is 22.3 Å². The maximum absolute atomic E-state index is 11.1. The zero-order chi connectivity index (χ0) is 15.7.